The molecule has 1 saturated heterocycles. The third kappa shape index (κ3) is 6.49. The monoisotopic (exact) mass is 626 g/mol. The number of rotatable bonds is 7. The SMILES string of the molecule is Cc1ncc(Nc2c(C#N)cnc3c(Cl)cc(N[C@H](C4=CN(C5CCN(C(C)(C)C)CC5)NN4)c4cccnc4)cc23)cc1F. The fourth-order valence-corrected chi connectivity index (χ4v) is 6.11. The molecular formula is C33H36ClFN10. The van der Waals surface area contributed by atoms with Crippen molar-refractivity contribution in [2.24, 2.45) is 0 Å². The Morgan fingerprint density at radius 3 is 2.60 bits per heavy atom. The lowest BCUT2D eigenvalue weighted by molar-refractivity contribution is 0.0570. The van der Waals surface area contributed by atoms with Gasteiger partial charge in [0.25, 0.3) is 0 Å². The molecule has 4 aromatic rings. The molecule has 0 unspecified atom stereocenters. The molecule has 4 N–H and O–H groups in total. The summed E-state index contributed by atoms with van der Waals surface area (Å²) in [4.78, 5) is 15.5. The van der Waals surface area contributed by atoms with Gasteiger partial charge in [0.1, 0.15) is 11.9 Å². The predicted octanol–water partition coefficient (Wildman–Crippen LogP) is 6.32. The number of fused-ring (bicyclic) bond motifs is 1. The number of benzene rings is 1. The fraction of sp³-hybridized carbons (Fsp3) is 0.333. The van der Waals surface area contributed by atoms with Crippen molar-refractivity contribution in [2.45, 2.75) is 58.2 Å². The van der Waals surface area contributed by atoms with E-state index in [2.05, 4.69) is 79.5 Å². The molecule has 3 aromatic heterocycles. The van der Waals surface area contributed by atoms with E-state index >= 15 is 0 Å². The Bertz CT molecular complexity index is 1770. The minimum atomic E-state index is -0.448. The Morgan fingerprint density at radius 2 is 1.91 bits per heavy atom. The highest BCUT2D eigenvalue weighted by Crippen LogP contribution is 2.37. The van der Waals surface area contributed by atoms with E-state index in [1.165, 1.54) is 18.5 Å². The van der Waals surface area contributed by atoms with Crippen LogP contribution in [-0.2, 0) is 0 Å². The average Bonchev–Trinajstić information content (AvgIpc) is 3.52. The quantitative estimate of drug-likeness (QED) is 0.186. The van der Waals surface area contributed by atoms with Crippen LogP contribution in [0.15, 0.2) is 67.0 Å². The van der Waals surface area contributed by atoms with Crippen molar-refractivity contribution in [3.8, 4) is 6.07 Å². The number of piperidine rings is 1. The summed E-state index contributed by atoms with van der Waals surface area (Å²) in [6.07, 6.45) is 10.8. The summed E-state index contributed by atoms with van der Waals surface area (Å²) in [5.41, 5.74) is 11.4. The van der Waals surface area contributed by atoms with E-state index in [0.717, 1.165) is 37.2 Å². The Hall–Kier alpha value is -4.50. The van der Waals surface area contributed by atoms with Crippen molar-refractivity contribution in [1.29, 1.82) is 5.26 Å². The largest absolute Gasteiger partial charge is 0.373 e. The van der Waals surface area contributed by atoms with Gasteiger partial charge in [0.05, 0.1) is 51.1 Å². The average molecular weight is 627 g/mol. The molecule has 0 aliphatic carbocycles. The molecule has 232 valence electrons. The lowest BCUT2D eigenvalue weighted by Gasteiger charge is -2.42. The zero-order valence-electron chi connectivity index (χ0n) is 25.7. The second-order valence-corrected chi connectivity index (χ2v) is 12.8. The summed E-state index contributed by atoms with van der Waals surface area (Å²) < 4.78 is 14.3. The molecule has 0 saturated carbocycles. The Balaban J connectivity index is 1.33. The van der Waals surface area contributed by atoms with Crippen molar-refractivity contribution in [3.63, 3.8) is 0 Å². The number of hydrogen-bond acceptors (Lipinski definition) is 10. The summed E-state index contributed by atoms with van der Waals surface area (Å²) in [6, 6.07) is 11.2. The van der Waals surface area contributed by atoms with Gasteiger partial charge in [0.2, 0.25) is 0 Å². The molecule has 1 atom stereocenters. The fourth-order valence-electron chi connectivity index (χ4n) is 5.84. The van der Waals surface area contributed by atoms with Gasteiger partial charge in [-0.1, -0.05) is 17.7 Å². The maximum atomic E-state index is 14.3. The Labute approximate surface area is 267 Å². The zero-order chi connectivity index (χ0) is 31.7. The van der Waals surface area contributed by atoms with Gasteiger partial charge in [-0.05, 0) is 64.3 Å². The molecular weight excluding hydrogens is 591 g/mol. The maximum Gasteiger partial charge on any atom is 0.146 e. The number of anilines is 3. The highest BCUT2D eigenvalue weighted by molar-refractivity contribution is 6.36. The van der Waals surface area contributed by atoms with Gasteiger partial charge in [-0.3, -0.25) is 24.9 Å². The van der Waals surface area contributed by atoms with Crippen molar-refractivity contribution in [1.82, 2.24) is 35.8 Å². The third-order valence-corrected chi connectivity index (χ3v) is 8.68. The third-order valence-electron chi connectivity index (χ3n) is 8.39. The van der Waals surface area contributed by atoms with E-state index in [4.69, 9.17) is 11.6 Å². The van der Waals surface area contributed by atoms with Gasteiger partial charge >= 0.3 is 0 Å². The van der Waals surface area contributed by atoms with Crippen LogP contribution < -0.4 is 21.6 Å². The molecule has 0 amide bonds. The number of likely N-dealkylation sites (tertiary alicyclic amines) is 1. The first-order valence-electron chi connectivity index (χ1n) is 15.0. The number of hydrogen-bond donors (Lipinski definition) is 4. The number of hydrazine groups is 2. The van der Waals surface area contributed by atoms with Crippen molar-refractivity contribution >= 4 is 39.6 Å². The smallest absolute Gasteiger partial charge is 0.146 e. The van der Waals surface area contributed by atoms with Crippen LogP contribution in [0, 0.1) is 24.1 Å². The molecule has 12 heteroatoms. The van der Waals surface area contributed by atoms with E-state index in [-0.39, 0.29) is 22.8 Å². The standard InChI is InChI=1S/C33H36ClFN10/c1-20-28(35)14-24(18-38-20)41-30-22(15-36)17-39-32-26(30)12-23(13-27(32)34)40-31(21-6-5-9-37-16-21)29-19-45(43-42-29)25-7-10-44(11-8-25)33(2,3)4/h5-6,9,12-14,16-19,25,31,40,42-43H,7-8,10-11H2,1-4H3,(H,39,41)/t31-/m0/s1. The van der Waals surface area contributed by atoms with E-state index in [1.807, 2.05) is 30.5 Å². The molecule has 10 nitrogen and oxygen atoms in total. The number of nitrogens with zero attached hydrogens (tertiary/aromatic N) is 6. The minimum absolute atomic E-state index is 0.158. The van der Waals surface area contributed by atoms with Crippen molar-refractivity contribution < 1.29 is 4.39 Å². The van der Waals surface area contributed by atoms with Crippen LogP contribution in [-0.4, -0.2) is 49.5 Å². The van der Waals surface area contributed by atoms with Crippen LogP contribution in [0.4, 0.5) is 21.5 Å². The second kappa shape index (κ2) is 12.5. The van der Waals surface area contributed by atoms with Gasteiger partial charge in [-0.15, -0.1) is 5.53 Å². The van der Waals surface area contributed by atoms with Crippen LogP contribution in [0.5, 0.6) is 0 Å². The molecule has 0 spiro atoms. The Morgan fingerprint density at radius 1 is 1.11 bits per heavy atom. The van der Waals surface area contributed by atoms with Gasteiger partial charge in [-0.2, -0.15) is 5.26 Å². The number of halogens is 2. The molecule has 2 aliphatic heterocycles. The van der Waals surface area contributed by atoms with Crippen LogP contribution in [0.25, 0.3) is 10.9 Å². The lowest BCUT2D eigenvalue weighted by Crippen LogP contribution is -2.52. The normalized spacial score (nSPS) is 16.6. The summed E-state index contributed by atoms with van der Waals surface area (Å²) in [5.74, 6) is -0.448. The molecule has 0 bridgehead atoms. The number of nitrogens with one attached hydrogen (secondary N) is 4. The topological polar surface area (TPSA) is 117 Å². The number of aryl methyl sites for hydroxylation is 1. The summed E-state index contributed by atoms with van der Waals surface area (Å²) in [5, 5.41) is 19.9. The molecule has 2 aliphatic rings. The van der Waals surface area contributed by atoms with E-state index < -0.39 is 5.82 Å². The lowest BCUT2D eigenvalue weighted by atomic mass is 9.98. The van der Waals surface area contributed by atoms with Gasteiger partial charge in [0.15, 0.2) is 0 Å². The van der Waals surface area contributed by atoms with E-state index in [0.29, 0.717) is 39.0 Å². The number of pyridine rings is 3. The molecule has 5 heterocycles. The predicted molar refractivity (Wildman–Crippen MR) is 175 cm³/mol. The molecule has 45 heavy (non-hydrogen) atoms. The molecule has 1 fully saturated rings. The number of nitriles is 1. The first kappa shape index (κ1) is 30.5. The Kier molecular flexibility index (Phi) is 8.46. The van der Waals surface area contributed by atoms with Gasteiger partial charge < -0.3 is 16.1 Å². The summed E-state index contributed by atoms with van der Waals surface area (Å²) in [7, 11) is 0. The minimum Gasteiger partial charge on any atom is -0.373 e. The van der Waals surface area contributed by atoms with Gasteiger partial charge in [-0.25, -0.2) is 4.39 Å². The van der Waals surface area contributed by atoms with E-state index in [1.54, 1.807) is 13.1 Å². The molecule has 0 radical (unpaired) electrons. The first-order valence-corrected chi connectivity index (χ1v) is 15.3. The van der Waals surface area contributed by atoms with Crippen LogP contribution in [0.2, 0.25) is 5.02 Å². The van der Waals surface area contributed by atoms with Crippen LogP contribution >= 0.6 is 11.6 Å². The van der Waals surface area contributed by atoms with Crippen LogP contribution in [0.1, 0.15) is 56.5 Å². The van der Waals surface area contributed by atoms with E-state index in [9.17, 15) is 9.65 Å². The van der Waals surface area contributed by atoms with Crippen LogP contribution in [0.3, 0.4) is 0 Å². The summed E-state index contributed by atoms with van der Waals surface area (Å²) >= 11 is 6.78. The van der Waals surface area contributed by atoms with Crippen molar-refractivity contribution in [3.05, 3.63) is 94.7 Å². The molecule has 1 aromatic carbocycles. The highest BCUT2D eigenvalue weighted by Gasteiger charge is 2.32. The molecule has 6 rings (SSSR count). The summed E-state index contributed by atoms with van der Waals surface area (Å²) in [6.45, 7) is 10.5. The second-order valence-electron chi connectivity index (χ2n) is 12.4. The first-order chi connectivity index (χ1) is 21.6. The van der Waals surface area contributed by atoms with Gasteiger partial charge in [0, 0.05) is 66.6 Å². The number of aromatic nitrogens is 3. The highest BCUT2D eigenvalue weighted by atomic mass is 35.5. The zero-order valence-corrected chi connectivity index (χ0v) is 26.5. The maximum absolute atomic E-state index is 14.3. The van der Waals surface area contributed by atoms with Crippen molar-refractivity contribution in [2.75, 3.05) is 23.7 Å².